The zero-order valence-corrected chi connectivity index (χ0v) is 14.4. The van der Waals surface area contributed by atoms with Crippen LogP contribution in [0.1, 0.15) is 0 Å². The van der Waals surface area contributed by atoms with Gasteiger partial charge >= 0.3 is 0 Å². The van der Waals surface area contributed by atoms with Crippen LogP contribution in [-0.2, 0) is 4.53 Å². The molecule has 0 rings (SSSR count). The predicted molar refractivity (Wildman–Crippen MR) is 73.0 cm³/mol. The van der Waals surface area contributed by atoms with E-state index in [1.807, 2.05) is 0 Å². The lowest BCUT2D eigenvalue weighted by atomic mass is 11.8. The van der Waals surface area contributed by atoms with Gasteiger partial charge in [-0.25, -0.2) is 4.39 Å². The summed E-state index contributed by atoms with van der Waals surface area (Å²) in [6, 6.07) is 0. The maximum atomic E-state index is 6.26. The monoisotopic (exact) mass is 249 g/mol. The van der Waals surface area contributed by atoms with Crippen LogP contribution >= 0.6 is 0 Å². The van der Waals surface area contributed by atoms with Crippen LogP contribution in [0.5, 0.6) is 0 Å². The molecule has 0 bridgehead atoms. The highest BCUT2D eigenvalue weighted by Crippen LogP contribution is 2.23. The minimum Gasteiger partial charge on any atom is -0.357 e. The van der Waals surface area contributed by atoms with Gasteiger partial charge in [-0.15, -0.1) is 0 Å². The van der Waals surface area contributed by atoms with Crippen LogP contribution in [0.15, 0.2) is 0 Å². The van der Waals surface area contributed by atoms with Crippen LogP contribution in [0.25, 0.3) is 0 Å². The molecule has 0 N–H and O–H groups in total. The van der Waals surface area contributed by atoms with Crippen LogP contribution in [0.3, 0.4) is 0 Å². The second kappa shape index (κ2) is 4.21. The smallest absolute Gasteiger partial charge is 0.209 e. The van der Waals surface area contributed by atoms with Crippen molar-refractivity contribution >= 4 is 24.8 Å². The molecule has 0 aliphatic carbocycles. The van der Waals surface area contributed by atoms with Crippen LogP contribution in [0, 0.1) is 0 Å². The lowest BCUT2D eigenvalue weighted by Gasteiger charge is -2.45. The van der Waals surface area contributed by atoms with Gasteiger partial charge < -0.3 is 4.53 Å². The molecule has 0 saturated heterocycles. The van der Waals surface area contributed by atoms with E-state index in [2.05, 4.69) is 63.3 Å². The van der Waals surface area contributed by atoms with Crippen molar-refractivity contribution in [3.8, 4) is 0 Å². The molecule has 5 heteroatoms. The van der Waals surface area contributed by atoms with Gasteiger partial charge in [-0.2, -0.15) is 0 Å². The van der Waals surface area contributed by atoms with Gasteiger partial charge in [0.05, 0.1) is 0 Å². The largest absolute Gasteiger partial charge is 0.357 e. The second-order valence-corrected chi connectivity index (χ2v) is 21.2. The molecule has 0 aromatic rings. The molecule has 0 aliphatic heterocycles. The summed E-state index contributed by atoms with van der Waals surface area (Å²) in [6.45, 7) is 21.0. The molecule has 0 heterocycles. The second-order valence-electron chi connectivity index (χ2n) is 6.84. The Hall–Kier alpha value is 0.571. The van der Waals surface area contributed by atoms with Crippen molar-refractivity contribution in [1.82, 2.24) is 4.39 Å². The van der Waals surface area contributed by atoms with Crippen molar-refractivity contribution in [2.24, 2.45) is 0 Å². The summed E-state index contributed by atoms with van der Waals surface area (Å²) >= 11 is 0. The van der Waals surface area contributed by atoms with E-state index in [0.717, 1.165) is 0 Å². The molecule has 0 aromatic heterocycles. The maximum Gasteiger partial charge on any atom is 0.209 e. The van der Waals surface area contributed by atoms with Crippen molar-refractivity contribution in [2.45, 2.75) is 58.9 Å². The molecule has 0 unspecified atom stereocenters. The van der Waals surface area contributed by atoms with E-state index in [9.17, 15) is 0 Å². The summed E-state index contributed by atoms with van der Waals surface area (Å²) in [7, 11) is -4.09. The van der Waals surface area contributed by atoms with Crippen LogP contribution in [0.2, 0.25) is 58.9 Å². The fraction of sp³-hybridized carbons (Fsp3) is 1.00. The highest BCUT2D eigenvalue weighted by atomic mass is 28.4. The molecule has 0 aromatic carbocycles. The minimum atomic E-state index is -1.44. The number of hydrogen-bond donors (Lipinski definition) is 0. The number of hydrogen-bond acceptors (Lipinski definition) is 2. The van der Waals surface area contributed by atoms with E-state index in [4.69, 9.17) is 4.53 Å². The van der Waals surface area contributed by atoms with Gasteiger partial charge in [0.25, 0.3) is 0 Å². The molecule has 14 heavy (non-hydrogen) atoms. The van der Waals surface area contributed by atoms with E-state index in [1.165, 1.54) is 0 Å². The topological polar surface area (TPSA) is 12.5 Å². The molecule has 2 nitrogen and oxygen atoms in total. The third-order valence-corrected chi connectivity index (χ3v) is 9.32. The van der Waals surface area contributed by atoms with E-state index in [0.29, 0.717) is 0 Å². The summed E-state index contributed by atoms with van der Waals surface area (Å²) in [4.78, 5) is 0. The molecule has 0 radical (unpaired) electrons. The van der Waals surface area contributed by atoms with Crippen LogP contribution in [0.4, 0.5) is 0 Å². The SMILES string of the molecule is C[Si](C)(C)ON([Si](C)(C)C)[Si](C)(C)C. The van der Waals surface area contributed by atoms with Gasteiger partial charge in [-0.05, 0) is 19.6 Å². The quantitative estimate of drug-likeness (QED) is 0.556. The van der Waals surface area contributed by atoms with Crippen molar-refractivity contribution < 1.29 is 4.53 Å². The molecular formula is C9H27NOSi3. The van der Waals surface area contributed by atoms with Gasteiger partial charge in [0.2, 0.25) is 8.32 Å². The third-order valence-electron chi connectivity index (χ3n) is 1.58. The Morgan fingerprint density at radius 1 is 0.643 bits per heavy atom. The molecule has 0 amide bonds. The Bertz CT molecular complexity index is 174. The Labute approximate surface area is 92.9 Å². The Kier molecular flexibility index (Phi) is 4.38. The standard InChI is InChI=1S/C9H27NOSi3/c1-12(2,3)10(13(4,5)6)11-14(7,8)9/h1-9H3. The first-order valence-electron chi connectivity index (χ1n) is 5.33. The number of nitrogens with zero attached hydrogens (tertiary/aromatic N) is 1. The predicted octanol–water partition coefficient (Wildman–Crippen LogP) is 3.72. The molecule has 0 spiro atoms. The Morgan fingerprint density at radius 3 is 1.00 bits per heavy atom. The fourth-order valence-corrected chi connectivity index (χ4v) is 14.0. The summed E-state index contributed by atoms with van der Waals surface area (Å²) in [6.07, 6.45) is 0. The van der Waals surface area contributed by atoms with Crippen LogP contribution < -0.4 is 0 Å². The molecule has 0 saturated carbocycles. The third kappa shape index (κ3) is 5.45. The Balaban J connectivity index is 4.78. The highest BCUT2D eigenvalue weighted by molar-refractivity contribution is 6.89. The van der Waals surface area contributed by atoms with Gasteiger partial charge in [0.1, 0.15) is 16.5 Å². The zero-order chi connectivity index (χ0) is 11.8. The first-order valence-corrected chi connectivity index (χ1v) is 15.6. The summed E-state index contributed by atoms with van der Waals surface area (Å²) in [5.74, 6) is 0. The van der Waals surface area contributed by atoms with E-state index < -0.39 is 24.8 Å². The summed E-state index contributed by atoms with van der Waals surface area (Å²) in [5.41, 5.74) is 0. The normalized spacial score (nSPS) is 15.0. The summed E-state index contributed by atoms with van der Waals surface area (Å²) < 4.78 is 8.69. The minimum absolute atomic E-state index is 1.32. The average molecular weight is 250 g/mol. The van der Waals surface area contributed by atoms with Gasteiger partial charge in [-0.1, -0.05) is 39.3 Å². The first kappa shape index (κ1) is 14.6. The van der Waals surface area contributed by atoms with E-state index in [-0.39, 0.29) is 0 Å². The molecular weight excluding hydrogens is 222 g/mol. The molecule has 86 valence electrons. The molecule has 0 fully saturated rings. The molecule has 0 aliphatic rings. The van der Waals surface area contributed by atoms with Crippen molar-refractivity contribution in [2.75, 3.05) is 0 Å². The van der Waals surface area contributed by atoms with Gasteiger partial charge in [0.15, 0.2) is 0 Å². The van der Waals surface area contributed by atoms with Crippen LogP contribution in [-0.4, -0.2) is 29.2 Å². The maximum absolute atomic E-state index is 6.26. The lowest BCUT2D eigenvalue weighted by Crippen LogP contribution is -2.61. The average Bonchev–Trinajstić information content (AvgIpc) is 1.75. The van der Waals surface area contributed by atoms with Crippen molar-refractivity contribution in [1.29, 1.82) is 0 Å². The Morgan fingerprint density at radius 2 is 0.929 bits per heavy atom. The number of rotatable bonds is 4. The fourth-order valence-electron chi connectivity index (χ4n) is 1.55. The van der Waals surface area contributed by atoms with Crippen molar-refractivity contribution in [3.05, 3.63) is 0 Å². The van der Waals surface area contributed by atoms with E-state index in [1.54, 1.807) is 0 Å². The van der Waals surface area contributed by atoms with E-state index >= 15 is 0 Å². The summed E-state index contributed by atoms with van der Waals surface area (Å²) in [5, 5.41) is 0. The zero-order valence-electron chi connectivity index (χ0n) is 11.4. The first-order chi connectivity index (χ1) is 5.84. The van der Waals surface area contributed by atoms with Gasteiger partial charge in [-0.3, -0.25) is 0 Å². The van der Waals surface area contributed by atoms with Crippen molar-refractivity contribution in [3.63, 3.8) is 0 Å². The molecule has 0 atom stereocenters. The highest BCUT2D eigenvalue weighted by Gasteiger charge is 2.38. The van der Waals surface area contributed by atoms with Gasteiger partial charge in [0, 0.05) is 0 Å². The lowest BCUT2D eigenvalue weighted by molar-refractivity contribution is 0.0949.